The number of ether oxygens (including phenoxy) is 2. The van der Waals surface area contributed by atoms with Crippen LogP contribution in [-0.4, -0.2) is 17.9 Å². The van der Waals surface area contributed by atoms with E-state index in [9.17, 15) is 14.7 Å². The summed E-state index contributed by atoms with van der Waals surface area (Å²) in [5, 5.41) is 9.82. The lowest BCUT2D eigenvalue weighted by Crippen LogP contribution is -2.14. The fourth-order valence-electron chi connectivity index (χ4n) is 2.92. The normalized spacial score (nSPS) is 13.3. The number of hydrogen-bond donors (Lipinski definition) is 1. The van der Waals surface area contributed by atoms with Crippen molar-refractivity contribution in [3.05, 3.63) is 63.3 Å². The molecule has 0 fully saturated rings. The zero-order chi connectivity index (χ0) is 17.6. The van der Waals surface area contributed by atoms with Gasteiger partial charge in [0.15, 0.2) is 12.2 Å². The minimum absolute atomic E-state index is 0.0589. The lowest BCUT2D eigenvalue weighted by atomic mass is 10.0. The molecular formula is C19H14O6. The molecular weight excluding hydrogens is 324 g/mol. The largest absolute Gasteiger partial charge is 0.478 e. The Kier molecular flexibility index (Phi) is 3.54. The van der Waals surface area contributed by atoms with Gasteiger partial charge >= 0.3 is 5.97 Å². The van der Waals surface area contributed by atoms with Gasteiger partial charge in [-0.15, -0.1) is 0 Å². The molecule has 25 heavy (non-hydrogen) atoms. The quantitative estimate of drug-likeness (QED) is 0.771. The van der Waals surface area contributed by atoms with Crippen LogP contribution >= 0.6 is 0 Å². The molecule has 1 aliphatic heterocycles. The number of hydrogen-bond acceptors (Lipinski definition) is 5. The van der Waals surface area contributed by atoms with E-state index >= 15 is 0 Å². The number of aryl methyl sites for hydroxylation is 1. The average Bonchev–Trinajstić information content (AvgIpc) is 2.60. The molecule has 0 spiro atoms. The second kappa shape index (κ2) is 5.75. The molecule has 2 heterocycles. The summed E-state index contributed by atoms with van der Waals surface area (Å²) in [6.07, 6.45) is 0. The summed E-state index contributed by atoms with van der Waals surface area (Å²) in [5.41, 5.74) is 2.32. The van der Waals surface area contributed by atoms with E-state index in [-0.39, 0.29) is 30.2 Å². The van der Waals surface area contributed by atoms with Gasteiger partial charge in [-0.2, -0.15) is 0 Å². The number of carboxylic acid groups (broad SMARTS) is 1. The lowest BCUT2D eigenvalue weighted by Gasteiger charge is -2.21. The molecule has 126 valence electrons. The Morgan fingerprint density at radius 3 is 2.80 bits per heavy atom. The topological polar surface area (TPSA) is 86.0 Å². The maximum Gasteiger partial charge on any atom is 0.335 e. The molecule has 0 saturated carbocycles. The zero-order valence-corrected chi connectivity index (χ0v) is 13.4. The molecule has 1 N–H and O–H groups in total. The van der Waals surface area contributed by atoms with E-state index in [1.807, 2.05) is 13.0 Å². The van der Waals surface area contributed by atoms with E-state index in [1.54, 1.807) is 12.1 Å². The molecule has 6 nitrogen and oxygen atoms in total. The summed E-state index contributed by atoms with van der Waals surface area (Å²) < 4.78 is 16.7. The van der Waals surface area contributed by atoms with Crippen molar-refractivity contribution in [3.8, 4) is 17.1 Å². The van der Waals surface area contributed by atoms with E-state index in [4.69, 9.17) is 13.9 Å². The Bertz CT molecular complexity index is 1060. The first kappa shape index (κ1) is 15.4. The van der Waals surface area contributed by atoms with Crippen molar-refractivity contribution in [2.45, 2.75) is 13.5 Å². The first-order valence-electron chi connectivity index (χ1n) is 7.68. The SMILES string of the molecule is Cc1ccc2c(=O)cc(-c3cc(C(=O)O)cc4c3OCOC4)oc2c1. The average molecular weight is 338 g/mol. The van der Waals surface area contributed by atoms with Gasteiger partial charge in [0.05, 0.1) is 23.1 Å². The molecule has 0 radical (unpaired) electrons. The third-order valence-corrected chi connectivity index (χ3v) is 4.11. The van der Waals surface area contributed by atoms with Crippen LogP contribution in [-0.2, 0) is 11.3 Å². The predicted molar refractivity (Wildman–Crippen MR) is 89.9 cm³/mol. The maximum absolute atomic E-state index is 12.4. The molecule has 3 aromatic rings. The van der Waals surface area contributed by atoms with Gasteiger partial charge in [0.1, 0.15) is 17.1 Å². The first-order valence-corrected chi connectivity index (χ1v) is 7.68. The van der Waals surface area contributed by atoms with Gasteiger partial charge < -0.3 is 19.0 Å². The van der Waals surface area contributed by atoms with Crippen LogP contribution in [0.5, 0.6) is 5.75 Å². The molecule has 0 saturated heterocycles. The van der Waals surface area contributed by atoms with Crippen molar-refractivity contribution < 1.29 is 23.8 Å². The van der Waals surface area contributed by atoms with Gasteiger partial charge in [0, 0.05) is 11.6 Å². The summed E-state index contributed by atoms with van der Waals surface area (Å²) in [6, 6.07) is 9.64. The lowest BCUT2D eigenvalue weighted by molar-refractivity contribution is -0.0160. The standard InChI is InChI=1S/C19H14O6/c1-10-2-3-13-15(20)7-17(25-16(13)4-10)14-6-11(19(21)22)5-12-8-23-9-24-18(12)14/h2-7H,8-9H2,1H3,(H,21,22). The molecule has 4 rings (SSSR count). The Morgan fingerprint density at radius 2 is 2.00 bits per heavy atom. The van der Waals surface area contributed by atoms with Crippen molar-refractivity contribution >= 4 is 16.9 Å². The first-order chi connectivity index (χ1) is 12.0. The molecule has 1 aromatic heterocycles. The van der Waals surface area contributed by atoms with Crippen molar-refractivity contribution in [1.29, 1.82) is 0 Å². The number of benzene rings is 2. The van der Waals surface area contributed by atoms with Crippen LogP contribution in [0.4, 0.5) is 0 Å². The Labute approximate surface area is 142 Å². The van der Waals surface area contributed by atoms with Gasteiger partial charge in [-0.3, -0.25) is 4.79 Å². The highest BCUT2D eigenvalue weighted by Crippen LogP contribution is 2.37. The summed E-state index contributed by atoms with van der Waals surface area (Å²) in [7, 11) is 0. The molecule has 6 heteroatoms. The van der Waals surface area contributed by atoms with E-state index in [1.165, 1.54) is 18.2 Å². The van der Waals surface area contributed by atoms with Crippen LogP contribution in [0.2, 0.25) is 0 Å². The minimum atomic E-state index is -1.08. The number of carboxylic acids is 1. The summed E-state index contributed by atoms with van der Waals surface area (Å²) in [6.45, 7) is 2.20. The molecule has 0 amide bonds. The van der Waals surface area contributed by atoms with Crippen LogP contribution in [0.1, 0.15) is 21.5 Å². The van der Waals surface area contributed by atoms with Crippen LogP contribution in [0.3, 0.4) is 0 Å². The van der Waals surface area contributed by atoms with E-state index in [0.29, 0.717) is 27.8 Å². The number of carbonyl (C=O) groups is 1. The highest BCUT2D eigenvalue weighted by Gasteiger charge is 2.22. The molecule has 1 aliphatic rings. The van der Waals surface area contributed by atoms with E-state index < -0.39 is 5.97 Å². The Morgan fingerprint density at radius 1 is 1.16 bits per heavy atom. The smallest absolute Gasteiger partial charge is 0.335 e. The highest BCUT2D eigenvalue weighted by atomic mass is 16.7. The van der Waals surface area contributed by atoms with Crippen molar-refractivity contribution in [2.75, 3.05) is 6.79 Å². The zero-order valence-electron chi connectivity index (χ0n) is 13.4. The number of rotatable bonds is 2. The fraction of sp³-hybridized carbons (Fsp3) is 0.158. The van der Waals surface area contributed by atoms with E-state index in [2.05, 4.69) is 0 Å². The summed E-state index contributed by atoms with van der Waals surface area (Å²) >= 11 is 0. The van der Waals surface area contributed by atoms with Crippen LogP contribution in [0.25, 0.3) is 22.3 Å². The molecule has 0 aliphatic carbocycles. The highest BCUT2D eigenvalue weighted by molar-refractivity contribution is 5.91. The third kappa shape index (κ3) is 2.66. The fourth-order valence-corrected chi connectivity index (χ4v) is 2.92. The predicted octanol–water partition coefficient (Wildman–Crippen LogP) is 3.33. The molecule has 0 unspecified atom stereocenters. The van der Waals surface area contributed by atoms with Crippen LogP contribution in [0, 0.1) is 6.92 Å². The minimum Gasteiger partial charge on any atom is -0.478 e. The van der Waals surface area contributed by atoms with Crippen molar-refractivity contribution in [1.82, 2.24) is 0 Å². The Balaban J connectivity index is 2.00. The monoisotopic (exact) mass is 338 g/mol. The van der Waals surface area contributed by atoms with Gasteiger partial charge in [0.2, 0.25) is 0 Å². The number of aromatic carboxylic acids is 1. The van der Waals surface area contributed by atoms with Crippen molar-refractivity contribution in [2.24, 2.45) is 0 Å². The molecule has 0 bridgehead atoms. The van der Waals surface area contributed by atoms with Crippen LogP contribution < -0.4 is 10.2 Å². The van der Waals surface area contributed by atoms with Crippen molar-refractivity contribution in [3.63, 3.8) is 0 Å². The second-order valence-electron chi connectivity index (χ2n) is 5.90. The second-order valence-corrected chi connectivity index (χ2v) is 5.90. The molecule has 0 atom stereocenters. The Hall–Kier alpha value is -3.12. The maximum atomic E-state index is 12.4. The summed E-state index contributed by atoms with van der Waals surface area (Å²) in [4.78, 5) is 23.8. The third-order valence-electron chi connectivity index (χ3n) is 4.11. The van der Waals surface area contributed by atoms with Gasteiger partial charge in [-0.25, -0.2) is 4.79 Å². The van der Waals surface area contributed by atoms with Gasteiger partial charge in [-0.05, 0) is 36.8 Å². The van der Waals surface area contributed by atoms with E-state index in [0.717, 1.165) is 5.56 Å². The van der Waals surface area contributed by atoms with Crippen LogP contribution in [0.15, 0.2) is 45.6 Å². The van der Waals surface area contributed by atoms with Gasteiger partial charge in [-0.1, -0.05) is 6.07 Å². The summed E-state index contributed by atoms with van der Waals surface area (Å²) in [5.74, 6) is -0.329. The van der Waals surface area contributed by atoms with Gasteiger partial charge in [0.25, 0.3) is 0 Å². The number of fused-ring (bicyclic) bond motifs is 2. The molecule has 2 aromatic carbocycles.